The lowest BCUT2D eigenvalue weighted by atomic mass is 9.63. The van der Waals surface area contributed by atoms with Crippen molar-refractivity contribution in [1.82, 2.24) is 20.6 Å². The maximum atomic E-state index is 11.1. The molecule has 3 N–H and O–H groups in total. The van der Waals surface area contributed by atoms with Gasteiger partial charge in [0.05, 0.1) is 4.88 Å². The maximum absolute atomic E-state index is 11.1. The van der Waals surface area contributed by atoms with Crippen molar-refractivity contribution in [2.24, 2.45) is 10.8 Å². The first-order valence-electron chi connectivity index (χ1n) is 10.8. The highest BCUT2D eigenvalue weighted by Crippen LogP contribution is 2.50. The zero-order valence-electron chi connectivity index (χ0n) is 19.1. The molecule has 0 aliphatic heterocycles. The number of thiophene rings is 1. The number of rotatable bonds is 7. The van der Waals surface area contributed by atoms with E-state index in [1.807, 2.05) is 12.1 Å². The van der Waals surface area contributed by atoms with Crippen molar-refractivity contribution in [3.63, 3.8) is 0 Å². The molecule has 0 bridgehead atoms. The number of ether oxygens (including phenoxy) is 1. The van der Waals surface area contributed by atoms with Crippen molar-refractivity contribution in [1.29, 1.82) is 0 Å². The number of benzene rings is 1. The van der Waals surface area contributed by atoms with E-state index in [2.05, 4.69) is 65.8 Å². The van der Waals surface area contributed by atoms with Gasteiger partial charge in [0.15, 0.2) is 12.4 Å². The molecule has 0 amide bonds. The minimum Gasteiger partial charge on any atom is -0.479 e. The van der Waals surface area contributed by atoms with E-state index in [1.165, 1.54) is 17.8 Å². The summed E-state index contributed by atoms with van der Waals surface area (Å²) in [4.78, 5) is 12.3. The number of aromatic nitrogens is 4. The summed E-state index contributed by atoms with van der Waals surface area (Å²) in [5.41, 5.74) is 2.48. The molecule has 2 aromatic heterocycles. The number of aliphatic carboxylic acids is 1. The van der Waals surface area contributed by atoms with Crippen LogP contribution in [-0.2, 0) is 4.79 Å². The molecule has 1 aliphatic rings. The van der Waals surface area contributed by atoms with Gasteiger partial charge >= 0.3 is 5.97 Å². The molecule has 0 saturated heterocycles. The monoisotopic (exact) mass is 489 g/mol. The standard InChI is InChI=1S/C23H28ClN5O3S/c1-22(2)9-15(10-23(3,4)12-22)25-14-7-5-6-13(8-14)19-17(24)18(32-11-16(30)31)20(33-19)21-26-28-29-27-21/h5-8,15,25H,9-12H2,1-4H3,(H,30,31)(H,26,27,28,29). The van der Waals surface area contributed by atoms with E-state index in [4.69, 9.17) is 21.4 Å². The van der Waals surface area contributed by atoms with Gasteiger partial charge in [-0.1, -0.05) is 51.4 Å². The average Bonchev–Trinajstić information content (AvgIpc) is 3.32. The Bertz CT molecular complexity index is 1130. The Labute approximate surface area is 201 Å². The van der Waals surface area contributed by atoms with Crippen molar-refractivity contribution in [3.05, 3.63) is 29.3 Å². The number of H-pyrrole nitrogens is 1. The minimum atomic E-state index is -1.09. The summed E-state index contributed by atoms with van der Waals surface area (Å²) in [5, 5.41) is 27.1. The van der Waals surface area contributed by atoms with Crippen LogP contribution in [0.15, 0.2) is 24.3 Å². The molecule has 3 aromatic rings. The number of carboxylic acids is 1. The third kappa shape index (κ3) is 5.47. The molecule has 1 fully saturated rings. The zero-order valence-corrected chi connectivity index (χ0v) is 20.7. The number of nitrogens with one attached hydrogen (secondary N) is 2. The number of hydrogen-bond donors (Lipinski definition) is 3. The van der Waals surface area contributed by atoms with Crippen LogP contribution in [0.25, 0.3) is 21.1 Å². The molecule has 0 radical (unpaired) electrons. The van der Waals surface area contributed by atoms with Gasteiger partial charge < -0.3 is 15.2 Å². The van der Waals surface area contributed by atoms with Crippen LogP contribution in [0.5, 0.6) is 5.75 Å². The van der Waals surface area contributed by atoms with E-state index in [9.17, 15) is 4.79 Å². The van der Waals surface area contributed by atoms with Crippen molar-refractivity contribution in [2.75, 3.05) is 11.9 Å². The second-order valence-corrected chi connectivity index (χ2v) is 11.6. The lowest BCUT2D eigenvalue weighted by Gasteiger charge is -2.45. The molecule has 1 aromatic carbocycles. The first-order chi connectivity index (χ1) is 15.5. The van der Waals surface area contributed by atoms with Crippen molar-refractivity contribution < 1.29 is 14.6 Å². The minimum absolute atomic E-state index is 0.245. The number of aromatic amines is 1. The normalized spacial score (nSPS) is 17.6. The lowest BCUT2D eigenvalue weighted by molar-refractivity contribution is -0.139. The number of hydrogen-bond acceptors (Lipinski definition) is 7. The highest BCUT2D eigenvalue weighted by atomic mass is 35.5. The van der Waals surface area contributed by atoms with Crippen molar-refractivity contribution >= 4 is 34.6 Å². The molecule has 33 heavy (non-hydrogen) atoms. The SMILES string of the molecule is CC1(C)CC(Nc2cccc(-c3sc(-c4nn[nH]n4)c(OCC(=O)O)c3Cl)c2)CC(C)(C)C1. The van der Waals surface area contributed by atoms with Gasteiger partial charge in [-0.3, -0.25) is 0 Å². The largest absolute Gasteiger partial charge is 0.479 e. The summed E-state index contributed by atoms with van der Waals surface area (Å²) in [5.74, 6) is -0.550. The Morgan fingerprint density at radius 3 is 2.64 bits per heavy atom. The van der Waals surface area contributed by atoms with Crippen LogP contribution in [0.4, 0.5) is 5.69 Å². The first kappa shape index (κ1) is 23.5. The third-order valence-corrected chi connectivity index (χ3v) is 7.44. The van der Waals surface area contributed by atoms with Gasteiger partial charge in [-0.15, -0.1) is 21.5 Å². The molecule has 4 rings (SSSR count). The van der Waals surface area contributed by atoms with Gasteiger partial charge in [-0.25, -0.2) is 4.79 Å². The molecule has 1 saturated carbocycles. The van der Waals surface area contributed by atoms with E-state index in [0.717, 1.165) is 29.0 Å². The molecule has 1 aliphatic carbocycles. The van der Waals surface area contributed by atoms with E-state index < -0.39 is 12.6 Å². The smallest absolute Gasteiger partial charge is 0.341 e. The molecular weight excluding hydrogens is 462 g/mol. The Balaban J connectivity index is 1.64. The molecule has 176 valence electrons. The van der Waals surface area contributed by atoms with E-state index in [-0.39, 0.29) is 16.6 Å². The highest BCUT2D eigenvalue weighted by molar-refractivity contribution is 7.20. The number of nitrogens with zero attached hydrogens (tertiary/aromatic N) is 3. The van der Waals surface area contributed by atoms with Gasteiger partial charge in [-0.05, 0) is 53.0 Å². The molecule has 0 spiro atoms. The van der Waals surface area contributed by atoms with Gasteiger partial charge in [0.25, 0.3) is 0 Å². The molecule has 10 heteroatoms. The Morgan fingerprint density at radius 2 is 2.00 bits per heavy atom. The van der Waals surface area contributed by atoms with Gasteiger partial charge in [0.2, 0.25) is 5.82 Å². The van der Waals surface area contributed by atoms with Crippen LogP contribution >= 0.6 is 22.9 Å². The average molecular weight is 490 g/mol. The summed E-state index contributed by atoms with van der Waals surface area (Å²) < 4.78 is 5.49. The van der Waals surface area contributed by atoms with Gasteiger partial charge in [0, 0.05) is 11.7 Å². The van der Waals surface area contributed by atoms with Crippen LogP contribution in [-0.4, -0.2) is 44.3 Å². The number of carbonyl (C=O) groups is 1. The molecule has 2 heterocycles. The first-order valence-corrected chi connectivity index (χ1v) is 12.0. The summed E-state index contributed by atoms with van der Waals surface area (Å²) in [6, 6.07) is 8.45. The Hall–Kier alpha value is -2.65. The fourth-order valence-corrected chi connectivity index (χ4v) is 6.68. The summed E-state index contributed by atoms with van der Waals surface area (Å²) in [6.45, 7) is 8.83. The third-order valence-electron chi connectivity index (χ3n) is 5.75. The lowest BCUT2D eigenvalue weighted by Crippen LogP contribution is -2.40. The van der Waals surface area contributed by atoms with Crippen LogP contribution < -0.4 is 10.1 Å². The van der Waals surface area contributed by atoms with Crippen LogP contribution in [0.2, 0.25) is 5.02 Å². The van der Waals surface area contributed by atoms with E-state index in [0.29, 0.717) is 21.8 Å². The number of carboxylic acid groups (broad SMARTS) is 1. The maximum Gasteiger partial charge on any atom is 0.341 e. The number of anilines is 1. The van der Waals surface area contributed by atoms with E-state index >= 15 is 0 Å². The van der Waals surface area contributed by atoms with Gasteiger partial charge in [-0.2, -0.15) is 5.21 Å². The molecule has 8 nitrogen and oxygen atoms in total. The number of tetrazole rings is 1. The topological polar surface area (TPSA) is 113 Å². The highest BCUT2D eigenvalue weighted by Gasteiger charge is 2.38. The predicted octanol–water partition coefficient (Wildman–Crippen LogP) is 5.73. The fourth-order valence-electron chi connectivity index (χ4n) is 5.18. The molecule has 0 unspecified atom stereocenters. The molecular formula is C23H28ClN5O3S. The summed E-state index contributed by atoms with van der Waals surface area (Å²) in [6.07, 6.45) is 3.42. The number of halogens is 1. The summed E-state index contributed by atoms with van der Waals surface area (Å²) >= 11 is 8.01. The van der Waals surface area contributed by atoms with Crippen LogP contribution in [0.3, 0.4) is 0 Å². The Morgan fingerprint density at radius 1 is 1.27 bits per heavy atom. The van der Waals surface area contributed by atoms with E-state index in [1.54, 1.807) is 0 Å². The summed E-state index contributed by atoms with van der Waals surface area (Å²) in [7, 11) is 0. The second kappa shape index (κ2) is 8.95. The quantitative estimate of drug-likeness (QED) is 0.388. The van der Waals surface area contributed by atoms with Crippen LogP contribution in [0.1, 0.15) is 47.0 Å². The van der Waals surface area contributed by atoms with Crippen molar-refractivity contribution in [3.8, 4) is 26.9 Å². The second-order valence-electron chi connectivity index (χ2n) is 10.2. The zero-order chi connectivity index (χ0) is 23.8. The van der Waals surface area contributed by atoms with Crippen molar-refractivity contribution in [2.45, 2.75) is 53.0 Å². The predicted molar refractivity (Wildman–Crippen MR) is 130 cm³/mol. The molecule has 0 atom stereocenters. The van der Waals surface area contributed by atoms with Crippen LogP contribution in [0, 0.1) is 10.8 Å². The Kier molecular flexibility index (Phi) is 6.37. The van der Waals surface area contributed by atoms with Gasteiger partial charge in [0.1, 0.15) is 9.90 Å². The fraction of sp³-hybridized carbons (Fsp3) is 0.478.